The molecule has 2 aromatic carbocycles. The molecule has 1 saturated carbocycles. The highest BCUT2D eigenvalue weighted by Crippen LogP contribution is 2.54. The number of hydrogen-bond acceptors (Lipinski definition) is 8. The van der Waals surface area contributed by atoms with Gasteiger partial charge in [0, 0.05) is 35.0 Å². The highest BCUT2D eigenvalue weighted by atomic mass is 35.5. The number of nitrogens with zero attached hydrogens (tertiary/aromatic N) is 4. The predicted molar refractivity (Wildman–Crippen MR) is 151 cm³/mol. The van der Waals surface area contributed by atoms with Crippen LogP contribution in [0, 0.1) is 28.1 Å². The normalized spacial score (nSPS) is 16.8. The zero-order valence-corrected chi connectivity index (χ0v) is 23.4. The van der Waals surface area contributed by atoms with Gasteiger partial charge < -0.3 is 16.1 Å². The van der Waals surface area contributed by atoms with Crippen molar-refractivity contribution in [2.24, 2.45) is 5.41 Å². The molecule has 212 valence electrons. The topological polar surface area (TPSA) is 112 Å². The third-order valence-electron chi connectivity index (χ3n) is 7.15. The Morgan fingerprint density at radius 1 is 1.12 bits per heavy atom. The van der Waals surface area contributed by atoms with E-state index in [-0.39, 0.29) is 23.8 Å². The maximum Gasteiger partial charge on any atom is 0.413 e. The minimum Gasteiger partial charge on any atom is -0.383 e. The van der Waals surface area contributed by atoms with Crippen LogP contribution < -0.4 is 21.6 Å². The van der Waals surface area contributed by atoms with E-state index in [1.807, 2.05) is 0 Å². The maximum absolute atomic E-state index is 13.8. The standard InChI is InChI=1S/C29H28ClF3N8/c1-27(2,3)16-37-25-18(13-35)14-36-24-17(12-34)10-19(11-21(24)25)38-26(20-6-4-5-7-22(20)30)23-15-41(40-39-23)28(8-9-28)29(31,32)33/h4-7,10-11,14-15,26,38-40H,8-9,16H2,1-3H3,(H,36,37). The van der Waals surface area contributed by atoms with Crippen molar-refractivity contribution in [1.82, 2.24) is 21.0 Å². The average molecular weight is 581 g/mol. The fraction of sp³-hybridized carbons (Fsp3) is 0.345. The second-order valence-electron chi connectivity index (χ2n) is 11.4. The smallest absolute Gasteiger partial charge is 0.383 e. The summed E-state index contributed by atoms with van der Waals surface area (Å²) in [4.78, 5) is 4.38. The van der Waals surface area contributed by atoms with Crippen LogP contribution in [0.25, 0.3) is 10.9 Å². The van der Waals surface area contributed by atoms with E-state index < -0.39 is 17.8 Å². The minimum atomic E-state index is -4.41. The van der Waals surface area contributed by atoms with Crippen molar-refractivity contribution < 1.29 is 13.2 Å². The van der Waals surface area contributed by atoms with Crippen molar-refractivity contribution in [2.75, 3.05) is 17.2 Å². The van der Waals surface area contributed by atoms with Crippen LogP contribution in [0.1, 0.15) is 56.3 Å². The molecule has 0 saturated heterocycles. The number of nitriles is 2. The highest BCUT2D eigenvalue weighted by Gasteiger charge is 2.67. The largest absolute Gasteiger partial charge is 0.413 e. The lowest BCUT2D eigenvalue weighted by molar-refractivity contribution is -0.195. The summed E-state index contributed by atoms with van der Waals surface area (Å²) in [6.07, 6.45) is -1.61. The van der Waals surface area contributed by atoms with Crippen LogP contribution in [0.3, 0.4) is 0 Å². The van der Waals surface area contributed by atoms with Gasteiger partial charge in [-0.25, -0.2) is 0 Å². The first-order chi connectivity index (χ1) is 19.4. The molecule has 4 N–H and O–H groups in total. The number of halogens is 4. The number of alkyl halides is 3. The highest BCUT2D eigenvalue weighted by molar-refractivity contribution is 6.31. The summed E-state index contributed by atoms with van der Waals surface area (Å²) < 4.78 is 41.5. The molecule has 0 spiro atoms. The molecule has 12 heteroatoms. The first-order valence-corrected chi connectivity index (χ1v) is 13.4. The van der Waals surface area contributed by atoms with E-state index in [4.69, 9.17) is 11.6 Å². The van der Waals surface area contributed by atoms with Crippen molar-refractivity contribution in [3.05, 3.63) is 76.2 Å². The average Bonchev–Trinajstić information content (AvgIpc) is 3.61. The summed E-state index contributed by atoms with van der Waals surface area (Å²) in [5, 5.41) is 28.5. The van der Waals surface area contributed by atoms with Crippen LogP contribution in [-0.2, 0) is 0 Å². The molecule has 3 aromatic rings. The molecular formula is C29H28ClF3N8. The first-order valence-electron chi connectivity index (χ1n) is 13.0. The molecule has 1 aromatic heterocycles. The van der Waals surface area contributed by atoms with Gasteiger partial charge in [0.25, 0.3) is 0 Å². The van der Waals surface area contributed by atoms with Crippen LogP contribution in [0.4, 0.5) is 24.5 Å². The molecule has 0 radical (unpaired) electrons. The van der Waals surface area contributed by atoms with Crippen LogP contribution >= 0.6 is 11.6 Å². The zero-order chi connectivity index (χ0) is 29.6. The molecule has 8 nitrogen and oxygen atoms in total. The predicted octanol–water partition coefficient (Wildman–Crippen LogP) is 6.50. The summed E-state index contributed by atoms with van der Waals surface area (Å²) in [6, 6.07) is 14.0. The molecule has 2 aliphatic rings. The molecular weight excluding hydrogens is 553 g/mol. The number of pyridine rings is 1. The summed E-state index contributed by atoms with van der Waals surface area (Å²) in [6.45, 7) is 6.73. The van der Waals surface area contributed by atoms with Crippen LogP contribution in [0.5, 0.6) is 0 Å². The number of benzene rings is 2. The fourth-order valence-electron chi connectivity index (χ4n) is 4.78. The van der Waals surface area contributed by atoms with Gasteiger partial charge in [-0.15, -0.1) is 5.53 Å². The lowest BCUT2D eigenvalue weighted by atomic mass is 9.96. The van der Waals surface area contributed by atoms with Crippen LogP contribution in [-0.4, -0.2) is 28.3 Å². The van der Waals surface area contributed by atoms with Crippen molar-refractivity contribution in [2.45, 2.75) is 51.4 Å². The molecule has 1 aliphatic carbocycles. The number of anilines is 2. The van der Waals surface area contributed by atoms with Gasteiger partial charge in [0.15, 0.2) is 5.54 Å². The first kappa shape index (κ1) is 28.3. The van der Waals surface area contributed by atoms with Crippen LogP contribution in [0.15, 0.2) is 54.5 Å². The van der Waals surface area contributed by atoms with Crippen molar-refractivity contribution in [1.29, 1.82) is 10.5 Å². The molecule has 2 heterocycles. The number of hydrazine groups is 2. The van der Waals surface area contributed by atoms with Gasteiger partial charge in [-0.3, -0.25) is 9.99 Å². The van der Waals surface area contributed by atoms with Gasteiger partial charge in [-0.05, 0) is 42.0 Å². The van der Waals surface area contributed by atoms with Gasteiger partial charge in [-0.2, -0.15) is 23.7 Å². The Morgan fingerprint density at radius 2 is 1.83 bits per heavy atom. The van der Waals surface area contributed by atoms with Gasteiger partial charge in [0.2, 0.25) is 0 Å². The third-order valence-corrected chi connectivity index (χ3v) is 7.49. The van der Waals surface area contributed by atoms with E-state index in [0.717, 1.165) is 5.01 Å². The second kappa shape index (κ2) is 10.3. The monoisotopic (exact) mass is 580 g/mol. The fourth-order valence-corrected chi connectivity index (χ4v) is 5.03. The number of aromatic nitrogens is 1. The molecule has 1 atom stereocenters. The summed E-state index contributed by atoms with van der Waals surface area (Å²) >= 11 is 6.56. The zero-order valence-electron chi connectivity index (χ0n) is 22.6. The van der Waals surface area contributed by atoms with E-state index in [2.05, 4.69) is 59.5 Å². The van der Waals surface area contributed by atoms with Crippen molar-refractivity contribution in [3.63, 3.8) is 0 Å². The lowest BCUT2D eigenvalue weighted by Crippen LogP contribution is -2.52. The summed E-state index contributed by atoms with van der Waals surface area (Å²) in [7, 11) is 0. The minimum absolute atomic E-state index is 0.0199. The Kier molecular flexibility index (Phi) is 7.14. The van der Waals surface area contributed by atoms with E-state index in [1.165, 1.54) is 12.4 Å². The molecule has 41 heavy (non-hydrogen) atoms. The number of rotatable bonds is 7. The Bertz CT molecular complexity index is 1610. The number of hydrogen-bond donors (Lipinski definition) is 4. The quantitative estimate of drug-likeness (QED) is 0.250. The van der Waals surface area contributed by atoms with Crippen molar-refractivity contribution in [3.8, 4) is 12.1 Å². The molecule has 1 aliphatic heterocycles. The number of fused-ring (bicyclic) bond motifs is 1. The van der Waals surface area contributed by atoms with Crippen LogP contribution in [0.2, 0.25) is 5.02 Å². The molecule has 0 amide bonds. The van der Waals surface area contributed by atoms with Gasteiger partial charge in [0.1, 0.15) is 12.1 Å². The lowest BCUT2D eigenvalue weighted by Gasteiger charge is -2.28. The van der Waals surface area contributed by atoms with E-state index in [9.17, 15) is 23.7 Å². The Balaban J connectivity index is 1.60. The second-order valence-corrected chi connectivity index (χ2v) is 11.8. The van der Waals surface area contributed by atoms with E-state index in [1.54, 1.807) is 36.4 Å². The van der Waals surface area contributed by atoms with Gasteiger partial charge >= 0.3 is 6.18 Å². The maximum atomic E-state index is 13.8. The molecule has 5 rings (SSSR count). The third kappa shape index (κ3) is 5.43. The Morgan fingerprint density at radius 3 is 2.44 bits per heavy atom. The van der Waals surface area contributed by atoms with Gasteiger partial charge in [-0.1, -0.05) is 50.6 Å². The summed E-state index contributed by atoms with van der Waals surface area (Å²) in [5.41, 5.74) is 6.56. The molecule has 1 unspecified atom stereocenters. The Labute approximate surface area is 240 Å². The van der Waals surface area contributed by atoms with E-state index in [0.29, 0.717) is 50.7 Å². The Hall–Kier alpha value is -4.19. The summed E-state index contributed by atoms with van der Waals surface area (Å²) in [5.74, 6) is 0. The number of nitrogens with one attached hydrogen (secondary N) is 4. The van der Waals surface area contributed by atoms with E-state index >= 15 is 0 Å². The van der Waals surface area contributed by atoms with Gasteiger partial charge in [0.05, 0.1) is 34.1 Å². The molecule has 1 fully saturated rings. The SMILES string of the molecule is CC(C)(C)CNc1c(C#N)cnc2c(C#N)cc(NC(C3=CN(C4(C(F)(F)F)CC4)NN3)c3ccccc3Cl)cc12. The molecule has 0 bridgehead atoms. The van der Waals surface area contributed by atoms with Crippen molar-refractivity contribution >= 4 is 33.9 Å².